The summed E-state index contributed by atoms with van der Waals surface area (Å²) in [4.78, 5) is 12.8. The van der Waals surface area contributed by atoms with Gasteiger partial charge in [0.15, 0.2) is 0 Å². The second kappa shape index (κ2) is 6.27. The lowest BCUT2D eigenvalue weighted by atomic mass is 10.1. The molecule has 0 N–H and O–H groups in total. The van der Waals surface area contributed by atoms with Gasteiger partial charge in [0.2, 0.25) is 5.88 Å². The molecule has 0 amide bonds. The molecule has 0 aliphatic heterocycles. The number of ether oxygens (including phenoxy) is 1. The minimum absolute atomic E-state index is 0.271. The molecule has 4 rings (SSSR count). The molecule has 0 spiro atoms. The smallest absolute Gasteiger partial charge is 0.251 e. The number of benzene rings is 1. The Hall–Kier alpha value is -3.35. The molecule has 0 fully saturated rings. The van der Waals surface area contributed by atoms with Crippen LogP contribution in [0.5, 0.6) is 5.88 Å². The third-order valence-corrected chi connectivity index (χ3v) is 3.71. The number of pyridine rings is 1. The van der Waals surface area contributed by atoms with E-state index >= 15 is 0 Å². The number of aryl methyl sites for hydroxylation is 1. The summed E-state index contributed by atoms with van der Waals surface area (Å²) in [5, 5.41) is 4.51. The van der Waals surface area contributed by atoms with Crippen LogP contribution in [0, 0.1) is 12.7 Å². The summed E-state index contributed by atoms with van der Waals surface area (Å²) in [6, 6.07) is 10.0. The van der Waals surface area contributed by atoms with Crippen LogP contribution in [0.1, 0.15) is 11.3 Å². The van der Waals surface area contributed by atoms with Gasteiger partial charge in [0.1, 0.15) is 23.8 Å². The van der Waals surface area contributed by atoms with E-state index in [1.165, 1.54) is 12.1 Å². The Labute approximate surface area is 143 Å². The minimum atomic E-state index is -0.271. The lowest BCUT2D eigenvalue weighted by Crippen LogP contribution is -1.97. The van der Waals surface area contributed by atoms with Crippen molar-refractivity contribution in [2.75, 3.05) is 0 Å². The second-order valence-corrected chi connectivity index (χ2v) is 5.54. The van der Waals surface area contributed by atoms with Gasteiger partial charge in [-0.25, -0.2) is 23.9 Å². The summed E-state index contributed by atoms with van der Waals surface area (Å²) in [6.45, 7) is 2.11. The first kappa shape index (κ1) is 15.2. The number of imidazole rings is 1. The second-order valence-electron chi connectivity index (χ2n) is 5.54. The van der Waals surface area contributed by atoms with E-state index in [4.69, 9.17) is 4.74 Å². The zero-order valence-corrected chi connectivity index (χ0v) is 13.4. The van der Waals surface area contributed by atoms with Crippen molar-refractivity contribution < 1.29 is 9.13 Å². The Kier molecular flexibility index (Phi) is 3.81. The molecule has 0 aliphatic carbocycles. The van der Waals surface area contributed by atoms with Gasteiger partial charge in [-0.1, -0.05) is 6.07 Å². The minimum Gasteiger partial charge on any atom is -0.471 e. The molecule has 3 heterocycles. The largest absolute Gasteiger partial charge is 0.471 e. The molecule has 0 atom stereocenters. The number of fused-ring (bicyclic) bond motifs is 1. The third kappa shape index (κ3) is 3.16. The van der Waals surface area contributed by atoms with Gasteiger partial charge in [-0.15, -0.1) is 0 Å². The molecule has 0 saturated heterocycles. The van der Waals surface area contributed by atoms with Crippen LogP contribution in [0.3, 0.4) is 0 Å². The Morgan fingerprint density at radius 1 is 1.16 bits per heavy atom. The summed E-state index contributed by atoms with van der Waals surface area (Å²) >= 11 is 0. The zero-order chi connectivity index (χ0) is 17.2. The van der Waals surface area contributed by atoms with Gasteiger partial charge in [0.25, 0.3) is 5.78 Å². The first-order chi connectivity index (χ1) is 12.2. The van der Waals surface area contributed by atoms with Crippen LogP contribution >= 0.6 is 0 Å². The van der Waals surface area contributed by atoms with Crippen LogP contribution < -0.4 is 4.74 Å². The van der Waals surface area contributed by atoms with E-state index in [1.807, 2.05) is 19.1 Å². The van der Waals surface area contributed by atoms with Crippen molar-refractivity contribution >= 4 is 5.78 Å². The van der Waals surface area contributed by atoms with Crippen molar-refractivity contribution in [2.45, 2.75) is 13.5 Å². The van der Waals surface area contributed by atoms with Gasteiger partial charge >= 0.3 is 0 Å². The molecular formula is C18H14FN5O. The molecule has 0 saturated carbocycles. The third-order valence-electron chi connectivity index (χ3n) is 3.71. The molecular weight excluding hydrogens is 321 g/mol. The van der Waals surface area contributed by atoms with Crippen molar-refractivity contribution in [1.29, 1.82) is 0 Å². The predicted octanol–water partition coefficient (Wildman–Crippen LogP) is 3.21. The Bertz CT molecular complexity index is 1030. The highest BCUT2D eigenvalue weighted by Gasteiger charge is 2.09. The topological polar surface area (TPSA) is 65.2 Å². The predicted molar refractivity (Wildman–Crippen MR) is 89.5 cm³/mol. The van der Waals surface area contributed by atoms with Crippen LogP contribution in [-0.4, -0.2) is 24.6 Å². The molecule has 1 aromatic carbocycles. The molecule has 7 heteroatoms. The van der Waals surface area contributed by atoms with Crippen LogP contribution in [0.15, 0.2) is 55.0 Å². The summed E-state index contributed by atoms with van der Waals surface area (Å²) in [7, 11) is 0. The molecule has 6 nitrogen and oxygen atoms in total. The number of aromatic nitrogens is 5. The highest BCUT2D eigenvalue weighted by atomic mass is 19.1. The average molecular weight is 335 g/mol. The van der Waals surface area contributed by atoms with Crippen molar-refractivity contribution in [2.24, 2.45) is 0 Å². The van der Waals surface area contributed by atoms with Crippen molar-refractivity contribution in [3.63, 3.8) is 0 Å². The van der Waals surface area contributed by atoms with Crippen LogP contribution in [0.25, 0.3) is 17.0 Å². The summed E-state index contributed by atoms with van der Waals surface area (Å²) < 4.78 is 20.5. The van der Waals surface area contributed by atoms with E-state index in [0.717, 1.165) is 11.1 Å². The Morgan fingerprint density at radius 2 is 2.08 bits per heavy atom. The molecule has 124 valence electrons. The maximum absolute atomic E-state index is 13.3. The lowest BCUT2D eigenvalue weighted by Gasteiger charge is -2.04. The monoisotopic (exact) mass is 335 g/mol. The summed E-state index contributed by atoms with van der Waals surface area (Å²) in [6.07, 6.45) is 5.05. The van der Waals surface area contributed by atoms with Crippen LogP contribution in [0.2, 0.25) is 0 Å². The van der Waals surface area contributed by atoms with E-state index in [1.54, 1.807) is 35.2 Å². The van der Waals surface area contributed by atoms with E-state index in [9.17, 15) is 4.39 Å². The fraction of sp³-hybridized carbons (Fsp3) is 0.111. The maximum Gasteiger partial charge on any atom is 0.251 e. The van der Waals surface area contributed by atoms with Gasteiger partial charge in [0.05, 0.1) is 12.4 Å². The molecule has 0 radical (unpaired) electrons. The van der Waals surface area contributed by atoms with E-state index < -0.39 is 0 Å². The van der Waals surface area contributed by atoms with E-state index in [0.29, 0.717) is 23.0 Å². The lowest BCUT2D eigenvalue weighted by molar-refractivity contribution is 0.290. The number of hydrogen-bond acceptors (Lipinski definition) is 5. The first-order valence-electron chi connectivity index (χ1n) is 7.71. The molecule has 4 aromatic rings. The fourth-order valence-corrected chi connectivity index (χ4v) is 2.52. The molecule has 0 aliphatic rings. The average Bonchev–Trinajstić information content (AvgIpc) is 3.03. The molecule has 3 aromatic heterocycles. The molecule has 0 unspecified atom stereocenters. The van der Waals surface area contributed by atoms with Crippen LogP contribution in [0.4, 0.5) is 4.39 Å². The Balaban J connectivity index is 1.61. The van der Waals surface area contributed by atoms with Crippen molar-refractivity contribution in [3.05, 3.63) is 72.1 Å². The van der Waals surface area contributed by atoms with Crippen molar-refractivity contribution in [1.82, 2.24) is 24.6 Å². The standard InChI is InChI=1S/C18H14FN5O/c1-12-8-13(19)5-6-15(12)16-9-21-18-22-14(10-24(18)23-16)11-25-17-4-2-3-7-20-17/h2-10H,11H2,1H3. The van der Waals surface area contributed by atoms with Gasteiger partial charge in [0, 0.05) is 17.8 Å². The normalized spacial score (nSPS) is 11.0. The highest BCUT2D eigenvalue weighted by Crippen LogP contribution is 2.21. The number of rotatable bonds is 4. The van der Waals surface area contributed by atoms with Crippen molar-refractivity contribution in [3.8, 4) is 17.1 Å². The van der Waals surface area contributed by atoms with Crippen LogP contribution in [-0.2, 0) is 6.61 Å². The first-order valence-corrected chi connectivity index (χ1v) is 7.71. The SMILES string of the molecule is Cc1cc(F)ccc1-c1cnc2nc(COc3ccccn3)cn2n1. The van der Waals surface area contributed by atoms with Gasteiger partial charge < -0.3 is 4.74 Å². The fourth-order valence-electron chi connectivity index (χ4n) is 2.52. The van der Waals surface area contributed by atoms with E-state index in [2.05, 4.69) is 20.1 Å². The number of hydrogen-bond donors (Lipinski definition) is 0. The summed E-state index contributed by atoms with van der Waals surface area (Å²) in [5.74, 6) is 0.734. The zero-order valence-electron chi connectivity index (χ0n) is 13.4. The van der Waals surface area contributed by atoms with E-state index in [-0.39, 0.29) is 12.4 Å². The Morgan fingerprint density at radius 3 is 2.88 bits per heavy atom. The maximum atomic E-state index is 13.3. The number of nitrogens with zero attached hydrogens (tertiary/aromatic N) is 5. The highest BCUT2D eigenvalue weighted by molar-refractivity contribution is 5.62. The van der Waals surface area contributed by atoms with Gasteiger partial charge in [-0.3, -0.25) is 0 Å². The molecule has 25 heavy (non-hydrogen) atoms. The van der Waals surface area contributed by atoms with Gasteiger partial charge in [-0.05, 0) is 36.8 Å². The van der Waals surface area contributed by atoms with Gasteiger partial charge in [-0.2, -0.15) is 5.10 Å². The summed E-state index contributed by atoms with van der Waals surface area (Å²) in [5.41, 5.74) is 2.97. The number of halogens is 1. The molecule has 0 bridgehead atoms. The quantitative estimate of drug-likeness (QED) is 0.573.